The predicted octanol–water partition coefficient (Wildman–Crippen LogP) is 5.92. The van der Waals surface area contributed by atoms with Gasteiger partial charge in [0.05, 0.1) is 5.69 Å². The Morgan fingerprint density at radius 2 is 1.76 bits per heavy atom. The summed E-state index contributed by atoms with van der Waals surface area (Å²) in [6, 6.07) is 4.11. The molecule has 0 N–H and O–H groups in total. The van der Waals surface area contributed by atoms with E-state index in [9.17, 15) is 4.79 Å². The van der Waals surface area contributed by atoms with Crippen LogP contribution in [-0.4, -0.2) is 11.9 Å². The molecule has 0 fully saturated rings. The van der Waals surface area contributed by atoms with Crippen LogP contribution < -0.4 is 4.90 Å². The highest BCUT2D eigenvalue weighted by atomic mass is 35.5. The highest BCUT2D eigenvalue weighted by molar-refractivity contribution is 6.32. The molecule has 0 saturated heterocycles. The summed E-state index contributed by atoms with van der Waals surface area (Å²) in [5.74, 6) is 0.577. The number of rotatable bonds is 6. The molecule has 1 aromatic rings. The number of benzene rings is 1. The fraction of sp³-hybridized carbons (Fsp3) is 0.588. The minimum Gasteiger partial charge on any atom is -0.298 e. The van der Waals surface area contributed by atoms with Gasteiger partial charge in [0.15, 0.2) is 0 Å². The molecule has 1 rings (SSSR count). The van der Waals surface area contributed by atoms with Crippen LogP contribution in [-0.2, 0) is 4.79 Å². The zero-order valence-electron chi connectivity index (χ0n) is 13.5. The quantitative estimate of drug-likeness (QED) is 0.468. The fourth-order valence-corrected chi connectivity index (χ4v) is 3.12. The van der Waals surface area contributed by atoms with Crippen molar-refractivity contribution >= 4 is 34.8 Å². The number of hydrogen-bond acceptors (Lipinski definition) is 1. The van der Waals surface area contributed by atoms with Gasteiger partial charge in [0.2, 0.25) is 5.91 Å². The Kier molecular flexibility index (Phi) is 7.02. The number of hydrogen-bond donors (Lipinski definition) is 0. The predicted molar refractivity (Wildman–Crippen MR) is 92.7 cm³/mol. The molecule has 1 aromatic carbocycles. The summed E-state index contributed by atoms with van der Waals surface area (Å²) < 4.78 is 0. The molecule has 0 aliphatic carbocycles. The lowest BCUT2D eigenvalue weighted by Crippen LogP contribution is -2.30. The van der Waals surface area contributed by atoms with Crippen molar-refractivity contribution in [3.05, 3.63) is 28.3 Å². The zero-order chi connectivity index (χ0) is 16.2. The summed E-state index contributed by atoms with van der Waals surface area (Å²) in [5, 5.41) is 0.711. The fourth-order valence-electron chi connectivity index (χ4n) is 2.49. The number of halogens is 2. The molecule has 21 heavy (non-hydrogen) atoms. The first-order valence-electron chi connectivity index (χ1n) is 7.55. The van der Waals surface area contributed by atoms with E-state index in [1.807, 2.05) is 12.1 Å². The van der Waals surface area contributed by atoms with Crippen molar-refractivity contribution in [2.75, 3.05) is 10.9 Å². The number of nitrogens with zero attached hydrogens (tertiary/aromatic N) is 1. The zero-order valence-corrected chi connectivity index (χ0v) is 15.1. The summed E-state index contributed by atoms with van der Waals surface area (Å²) in [5.41, 5.74) is 3.09. The van der Waals surface area contributed by atoms with Crippen molar-refractivity contribution in [1.82, 2.24) is 0 Å². The van der Waals surface area contributed by atoms with E-state index in [0.29, 0.717) is 10.9 Å². The number of carbonyl (C=O) groups excluding carboxylic acids is 1. The Morgan fingerprint density at radius 3 is 2.19 bits per heavy atom. The molecule has 1 amide bonds. The molecule has 2 nitrogen and oxygen atoms in total. The van der Waals surface area contributed by atoms with E-state index in [0.717, 1.165) is 29.7 Å². The highest BCUT2D eigenvalue weighted by Crippen LogP contribution is 2.41. The molecule has 0 spiro atoms. The van der Waals surface area contributed by atoms with Gasteiger partial charge in [-0.05, 0) is 41.9 Å². The van der Waals surface area contributed by atoms with Crippen LogP contribution in [0, 0.1) is 0 Å². The first-order chi connectivity index (χ1) is 9.88. The Balaban J connectivity index is 3.65. The van der Waals surface area contributed by atoms with Crippen LogP contribution in [0.15, 0.2) is 12.1 Å². The molecule has 2 unspecified atom stereocenters. The molecule has 0 aromatic heterocycles. The van der Waals surface area contributed by atoms with Gasteiger partial charge in [-0.25, -0.2) is 0 Å². The Bertz CT molecular complexity index is 502. The third-order valence-corrected chi connectivity index (χ3v) is 4.78. The van der Waals surface area contributed by atoms with Gasteiger partial charge in [-0.1, -0.05) is 45.4 Å². The molecule has 0 radical (unpaired) electrons. The van der Waals surface area contributed by atoms with E-state index in [1.54, 1.807) is 11.8 Å². The normalized spacial score (nSPS) is 13.9. The molecule has 118 valence electrons. The van der Waals surface area contributed by atoms with Crippen molar-refractivity contribution in [3.8, 4) is 0 Å². The van der Waals surface area contributed by atoms with Gasteiger partial charge in [-0.2, -0.15) is 0 Å². The standard InChI is InChI=1S/C17H25Cl2NO/c1-6-11(3)14-8-9-15(19)16(12(4)7-2)17(14)20(10-18)13(5)21/h8-9,11-12H,6-7,10H2,1-5H3. The largest absolute Gasteiger partial charge is 0.298 e. The van der Waals surface area contributed by atoms with Crippen LogP contribution in [0.4, 0.5) is 5.69 Å². The second kappa shape index (κ2) is 8.05. The second-order valence-electron chi connectivity index (χ2n) is 5.58. The van der Waals surface area contributed by atoms with Crippen LogP contribution in [0.25, 0.3) is 0 Å². The lowest BCUT2D eigenvalue weighted by Gasteiger charge is -2.29. The maximum Gasteiger partial charge on any atom is 0.224 e. The molecule has 2 atom stereocenters. The molecular weight excluding hydrogens is 305 g/mol. The molecule has 0 aliphatic heterocycles. The summed E-state index contributed by atoms with van der Waals surface area (Å²) in [6.45, 7) is 10.1. The molecule has 0 aliphatic rings. The SMILES string of the molecule is CCC(C)c1ccc(Cl)c(C(C)CC)c1N(CCl)C(C)=O. The third-order valence-electron chi connectivity index (χ3n) is 4.21. The molecular formula is C17H25Cl2NO. The minimum absolute atomic E-state index is 0.0543. The Morgan fingerprint density at radius 1 is 1.19 bits per heavy atom. The van der Waals surface area contributed by atoms with E-state index in [-0.39, 0.29) is 17.8 Å². The summed E-state index contributed by atoms with van der Waals surface area (Å²) in [6.07, 6.45) is 1.97. The van der Waals surface area contributed by atoms with Crippen LogP contribution in [0.2, 0.25) is 5.02 Å². The van der Waals surface area contributed by atoms with E-state index >= 15 is 0 Å². The van der Waals surface area contributed by atoms with Gasteiger partial charge in [-0.15, -0.1) is 11.6 Å². The maximum atomic E-state index is 12.0. The van der Waals surface area contributed by atoms with Crippen molar-refractivity contribution in [3.63, 3.8) is 0 Å². The molecule has 4 heteroatoms. The number of amides is 1. The van der Waals surface area contributed by atoms with Crippen molar-refractivity contribution in [2.45, 2.75) is 59.3 Å². The van der Waals surface area contributed by atoms with Gasteiger partial charge in [0.25, 0.3) is 0 Å². The first-order valence-corrected chi connectivity index (χ1v) is 8.46. The molecule has 0 saturated carbocycles. The van der Waals surface area contributed by atoms with Crippen LogP contribution in [0.3, 0.4) is 0 Å². The van der Waals surface area contributed by atoms with Crippen molar-refractivity contribution in [1.29, 1.82) is 0 Å². The van der Waals surface area contributed by atoms with E-state index in [2.05, 4.69) is 27.7 Å². The van der Waals surface area contributed by atoms with E-state index in [4.69, 9.17) is 23.2 Å². The smallest absolute Gasteiger partial charge is 0.224 e. The lowest BCUT2D eigenvalue weighted by atomic mass is 9.88. The van der Waals surface area contributed by atoms with E-state index in [1.165, 1.54) is 0 Å². The van der Waals surface area contributed by atoms with Crippen LogP contribution >= 0.6 is 23.2 Å². The van der Waals surface area contributed by atoms with Crippen LogP contribution in [0.1, 0.15) is 70.4 Å². The van der Waals surface area contributed by atoms with Gasteiger partial charge >= 0.3 is 0 Å². The Hall–Kier alpha value is -0.730. The number of anilines is 1. The summed E-state index contributed by atoms with van der Waals surface area (Å²) in [7, 11) is 0. The van der Waals surface area contributed by atoms with Crippen molar-refractivity contribution in [2.24, 2.45) is 0 Å². The number of carbonyl (C=O) groups is 1. The topological polar surface area (TPSA) is 20.3 Å². The Labute approximate surface area is 138 Å². The average Bonchev–Trinajstić information content (AvgIpc) is 2.46. The van der Waals surface area contributed by atoms with Crippen molar-refractivity contribution < 1.29 is 4.79 Å². The molecule has 0 bridgehead atoms. The van der Waals surface area contributed by atoms with Gasteiger partial charge in [0, 0.05) is 11.9 Å². The second-order valence-corrected chi connectivity index (χ2v) is 6.23. The highest BCUT2D eigenvalue weighted by Gasteiger charge is 2.25. The van der Waals surface area contributed by atoms with E-state index < -0.39 is 0 Å². The van der Waals surface area contributed by atoms with Gasteiger partial charge < -0.3 is 0 Å². The van der Waals surface area contributed by atoms with Gasteiger partial charge in [-0.3, -0.25) is 9.69 Å². The third kappa shape index (κ3) is 3.92. The number of alkyl halides is 1. The lowest BCUT2D eigenvalue weighted by molar-refractivity contribution is -0.116. The minimum atomic E-state index is -0.0543. The average molecular weight is 330 g/mol. The van der Waals surface area contributed by atoms with Gasteiger partial charge in [0.1, 0.15) is 6.00 Å². The molecule has 0 heterocycles. The first kappa shape index (κ1) is 18.3. The van der Waals surface area contributed by atoms with Crippen LogP contribution in [0.5, 0.6) is 0 Å². The summed E-state index contributed by atoms with van der Waals surface area (Å²) >= 11 is 12.5. The monoisotopic (exact) mass is 329 g/mol. The summed E-state index contributed by atoms with van der Waals surface area (Å²) in [4.78, 5) is 13.6. The maximum absolute atomic E-state index is 12.0.